The SMILES string of the molecule is CC(=O)Nc1cc(Nc2cc(OC3CC3)nc(C(C)(F)F)n2)c(OCc2ccccn2)cn1. The minimum atomic E-state index is -3.27. The molecule has 1 fully saturated rings. The van der Waals surface area contributed by atoms with Crippen LogP contribution in [0.2, 0.25) is 0 Å². The van der Waals surface area contributed by atoms with E-state index >= 15 is 0 Å². The number of hydrogen-bond donors (Lipinski definition) is 2. The maximum atomic E-state index is 14.0. The highest BCUT2D eigenvalue weighted by molar-refractivity contribution is 5.88. The summed E-state index contributed by atoms with van der Waals surface area (Å²) >= 11 is 0. The maximum Gasteiger partial charge on any atom is 0.304 e. The highest BCUT2D eigenvalue weighted by Crippen LogP contribution is 2.34. The second kappa shape index (κ2) is 9.31. The first-order valence-corrected chi connectivity index (χ1v) is 10.3. The number of rotatable bonds is 9. The third-order valence-electron chi connectivity index (χ3n) is 4.44. The van der Waals surface area contributed by atoms with E-state index in [0.29, 0.717) is 17.1 Å². The fourth-order valence-corrected chi connectivity index (χ4v) is 2.78. The minimum Gasteiger partial charge on any atom is -0.483 e. The molecule has 33 heavy (non-hydrogen) atoms. The van der Waals surface area contributed by atoms with Gasteiger partial charge >= 0.3 is 5.92 Å². The van der Waals surface area contributed by atoms with Crippen LogP contribution >= 0.6 is 0 Å². The second-order valence-electron chi connectivity index (χ2n) is 7.60. The lowest BCUT2D eigenvalue weighted by molar-refractivity contribution is -0.114. The Bertz CT molecular complexity index is 1140. The zero-order valence-electron chi connectivity index (χ0n) is 18.0. The Balaban J connectivity index is 1.64. The van der Waals surface area contributed by atoms with Crippen molar-refractivity contribution in [3.05, 3.63) is 54.2 Å². The fourth-order valence-electron chi connectivity index (χ4n) is 2.78. The molecule has 0 aromatic carbocycles. The lowest BCUT2D eigenvalue weighted by Gasteiger charge is -2.16. The molecule has 0 radical (unpaired) electrons. The molecular formula is C22H22F2N6O3. The van der Waals surface area contributed by atoms with Crippen LogP contribution in [0, 0.1) is 0 Å². The quantitative estimate of drug-likeness (QED) is 0.493. The fraction of sp³-hybridized carbons (Fsp3) is 0.318. The predicted molar refractivity (Wildman–Crippen MR) is 116 cm³/mol. The van der Waals surface area contributed by atoms with E-state index in [-0.39, 0.29) is 36.1 Å². The Labute approximate surface area is 188 Å². The van der Waals surface area contributed by atoms with Gasteiger partial charge in [0.15, 0.2) is 5.75 Å². The van der Waals surface area contributed by atoms with Gasteiger partial charge in [-0.05, 0) is 25.0 Å². The van der Waals surface area contributed by atoms with Crippen LogP contribution in [0.15, 0.2) is 42.7 Å². The van der Waals surface area contributed by atoms with Crippen LogP contribution < -0.4 is 20.1 Å². The van der Waals surface area contributed by atoms with E-state index < -0.39 is 11.7 Å². The van der Waals surface area contributed by atoms with Gasteiger partial charge in [-0.25, -0.2) is 9.97 Å². The molecule has 1 aliphatic rings. The first kappa shape index (κ1) is 22.3. The Kier molecular flexibility index (Phi) is 6.29. The Morgan fingerprint density at radius 3 is 2.67 bits per heavy atom. The number of alkyl halides is 2. The number of nitrogens with one attached hydrogen (secondary N) is 2. The van der Waals surface area contributed by atoms with Crippen molar-refractivity contribution in [3.8, 4) is 11.6 Å². The van der Waals surface area contributed by atoms with Crippen LogP contribution in [0.4, 0.5) is 26.1 Å². The number of ether oxygens (including phenoxy) is 2. The van der Waals surface area contributed by atoms with Gasteiger partial charge in [0.25, 0.3) is 0 Å². The number of carbonyl (C=O) groups is 1. The van der Waals surface area contributed by atoms with Crippen LogP contribution in [0.1, 0.15) is 38.2 Å². The summed E-state index contributed by atoms with van der Waals surface area (Å²) in [5.41, 5.74) is 1.04. The van der Waals surface area contributed by atoms with Gasteiger partial charge in [0.05, 0.1) is 17.6 Å². The zero-order chi connectivity index (χ0) is 23.4. The minimum absolute atomic E-state index is 0.0318. The lowest BCUT2D eigenvalue weighted by Crippen LogP contribution is -2.15. The Morgan fingerprint density at radius 2 is 2.00 bits per heavy atom. The molecule has 0 atom stereocenters. The highest BCUT2D eigenvalue weighted by Gasteiger charge is 2.31. The average molecular weight is 456 g/mol. The van der Waals surface area contributed by atoms with Crippen molar-refractivity contribution in [1.82, 2.24) is 19.9 Å². The van der Waals surface area contributed by atoms with Gasteiger partial charge < -0.3 is 20.1 Å². The Morgan fingerprint density at radius 1 is 1.18 bits per heavy atom. The van der Waals surface area contributed by atoms with E-state index in [1.807, 2.05) is 6.07 Å². The first-order chi connectivity index (χ1) is 15.8. The van der Waals surface area contributed by atoms with Crippen molar-refractivity contribution in [2.45, 2.75) is 45.3 Å². The number of hydrogen-bond acceptors (Lipinski definition) is 8. The van der Waals surface area contributed by atoms with Crippen molar-refractivity contribution in [2.24, 2.45) is 0 Å². The largest absolute Gasteiger partial charge is 0.483 e. The third kappa shape index (κ3) is 6.31. The van der Waals surface area contributed by atoms with E-state index in [2.05, 4.69) is 30.6 Å². The monoisotopic (exact) mass is 456 g/mol. The summed E-state index contributed by atoms with van der Waals surface area (Å²) < 4.78 is 39.5. The number of nitrogens with zero attached hydrogens (tertiary/aromatic N) is 4. The smallest absolute Gasteiger partial charge is 0.304 e. The number of anilines is 3. The average Bonchev–Trinajstić information content (AvgIpc) is 3.57. The maximum absolute atomic E-state index is 14.0. The number of amides is 1. The molecule has 0 aliphatic heterocycles. The molecule has 0 spiro atoms. The van der Waals surface area contributed by atoms with Crippen LogP contribution in [-0.4, -0.2) is 31.9 Å². The van der Waals surface area contributed by atoms with Gasteiger partial charge in [0, 0.05) is 32.2 Å². The predicted octanol–water partition coefficient (Wildman–Crippen LogP) is 4.20. The van der Waals surface area contributed by atoms with Gasteiger partial charge in [0.2, 0.25) is 17.6 Å². The van der Waals surface area contributed by atoms with E-state index in [1.54, 1.807) is 18.3 Å². The lowest BCUT2D eigenvalue weighted by atomic mass is 10.3. The summed E-state index contributed by atoms with van der Waals surface area (Å²) in [5, 5.41) is 5.55. The summed E-state index contributed by atoms with van der Waals surface area (Å²) in [6.45, 7) is 2.21. The molecule has 1 saturated carbocycles. The van der Waals surface area contributed by atoms with Gasteiger partial charge in [-0.1, -0.05) is 6.07 Å². The van der Waals surface area contributed by atoms with Crippen molar-refractivity contribution >= 4 is 23.2 Å². The van der Waals surface area contributed by atoms with Gasteiger partial charge in [-0.3, -0.25) is 9.78 Å². The molecule has 1 aliphatic carbocycles. The molecule has 3 heterocycles. The number of carbonyl (C=O) groups excluding carboxylic acids is 1. The summed E-state index contributed by atoms with van der Waals surface area (Å²) in [4.78, 5) is 27.6. The standard InChI is InChI=1S/C22H22F2N6O3/c1-13(31)27-18-9-16(17(11-26-18)32-12-14-5-3-4-8-25-14)28-19-10-20(33-15-6-7-15)30-21(29-19)22(2,23)24/h3-5,8-11,15H,6-7,12H2,1-2H3,(H2,26,27,28,29,30,31). The van der Waals surface area contributed by atoms with Crippen molar-refractivity contribution < 1.29 is 23.0 Å². The summed E-state index contributed by atoms with van der Waals surface area (Å²) in [6.07, 6.45) is 4.72. The van der Waals surface area contributed by atoms with Crippen LogP contribution in [0.5, 0.6) is 11.6 Å². The number of aromatic nitrogens is 4. The molecule has 0 saturated heterocycles. The van der Waals surface area contributed by atoms with E-state index in [0.717, 1.165) is 19.8 Å². The van der Waals surface area contributed by atoms with E-state index in [1.165, 1.54) is 25.3 Å². The van der Waals surface area contributed by atoms with Crippen LogP contribution in [-0.2, 0) is 17.3 Å². The molecule has 172 valence electrons. The normalized spacial score (nSPS) is 13.3. The Hall–Kier alpha value is -3.89. The van der Waals surface area contributed by atoms with Crippen molar-refractivity contribution in [2.75, 3.05) is 10.6 Å². The molecule has 0 unspecified atom stereocenters. The first-order valence-electron chi connectivity index (χ1n) is 10.3. The molecule has 3 aromatic rings. The van der Waals surface area contributed by atoms with Crippen LogP contribution in [0.25, 0.3) is 0 Å². The highest BCUT2D eigenvalue weighted by atomic mass is 19.3. The molecule has 1 amide bonds. The van der Waals surface area contributed by atoms with Gasteiger partial charge in [-0.15, -0.1) is 0 Å². The third-order valence-corrected chi connectivity index (χ3v) is 4.44. The van der Waals surface area contributed by atoms with Gasteiger partial charge in [0.1, 0.15) is 24.3 Å². The van der Waals surface area contributed by atoms with Crippen molar-refractivity contribution in [1.29, 1.82) is 0 Å². The molecular weight excluding hydrogens is 434 g/mol. The van der Waals surface area contributed by atoms with Crippen LogP contribution in [0.3, 0.4) is 0 Å². The second-order valence-corrected chi connectivity index (χ2v) is 7.60. The van der Waals surface area contributed by atoms with E-state index in [9.17, 15) is 13.6 Å². The molecule has 11 heteroatoms. The summed E-state index contributed by atoms with van der Waals surface area (Å²) in [7, 11) is 0. The molecule has 4 rings (SSSR count). The number of halogens is 2. The molecule has 9 nitrogen and oxygen atoms in total. The number of pyridine rings is 2. The van der Waals surface area contributed by atoms with E-state index in [4.69, 9.17) is 9.47 Å². The van der Waals surface area contributed by atoms with Crippen molar-refractivity contribution in [3.63, 3.8) is 0 Å². The molecule has 2 N–H and O–H groups in total. The zero-order valence-corrected chi connectivity index (χ0v) is 18.0. The summed E-state index contributed by atoms with van der Waals surface area (Å²) in [5.74, 6) is -3.56. The van der Waals surface area contributed by atoms with Gasteiger partial charge in [-0.2, -0.15) is 13.8 Å². The molecule has 0 bridgehead atoms. The topological polar surface area (TPSA) is 111 Å². The summed E-state index contributed by atoms with van der Waals surface area (Å²) in [6, 6.07) is 8.38. The molecule has 3 aromatic heterocycles.